The molecular formula is C28H20BBr3N8O2. The van der Waals surface area contributed by atoms with Crippen molar-refractivity contribution in [1.82, 2.24) is 39.9 Å². The largest absolute Gasteiger partial charge is 0.488 e. The monoisotopic (exact) mass is 748 g/mol. The molecule has 42 heavy (non-hydrogen) atoms. The van der Waals surface area contributed by atoms with Crippen LogP contribution in [0.1, 0.15) is 0 Å². The first-order chi connectivity index (χ1) is 20.4. The maximum Gasteiger partial charge on any atom is 0.488 e. The highest BCUT2D eigenvalue weighted by molar-refractivity contribution is 9.11. The zero-order chi connectivity index (χ0) is 29.7. The van der Waals surface area contributed by atoms with E-state index in [2.05, 4.69) is 87.7 Å². The summed E-state index contributed by atoms with van der Waals surface area (Å²) in [5.74, 6) is 2.07. The first-order valence-corrected chi connectivity index (χ1v) is 14.5. The summed E-state index contributed by atoms with van der Waals surface area (Å²) >= 11 is 9.81. The first-order valence-electron chi connectivity index (χ1n) is 12.1. The van der Waals surface area contributed by atoms with E-state index in [9.17, 15) is 0 Å². The quantitative estimate of drug-likeness (QED) is 0.231. The van der Waals surface area contributed by atoms with Gasteiger partial charge in [-0.2, -0.15) is 0 Å². The Hall–Kier alpha value is -3.82. The van der Waals surface area contributed by atoms with E-state index >= 15 is 0 Å². The van der Waals surface area contributed by atoms with E-state index in [0.29, 0.717) is 28.8 Å². The second-order valence-corrected chi connectivity index (χ2v) is 10.9. The fourth-order valence-corrected chi connectivity index (χ4v) is 3.75. The van der Waals surface area contributed by atoms with Gasteiger partial charge in [-0.15, -0.1) is 0 Å². The number of nitrogens with zero attached hydrogens (tertiary/aromatic N) is 8. The second-order valence-electron chi connectivity index (χ2n) is 8.12. The van der Waals surface area contributed by atoms with Crippen molar-refractivity contribution in [3.63, 3.8) is 0 Å². The van der Waals surface area contributed by atoms with Crippen LogP contribution in [-0.2, 0) is 0 Å². The maximum atomic E-state index is 8.58. The predicted octanol–water partition coefficient (Wildman–Crippen LogP) is 5.19. The average molecular weight is 751 g/mol. The predicted molar refractivity (Wildman–Crippen MR) is 171 cm³/mol. The Morgan fingerprint density at radius 1 is 0.405 bits per heavy atom. The second kappa shape index (κ2) is 16.0. The maximum absolute atomic E-state index is 8.58. The lowest BCUT2D eigenvalue weighted by Gasteiger charge is -2.02. The zero-order valence-corrected chi connectivity index (χ0v) is 26.3. The molecule has 208 valence electrons. The Morgan fingerprint density at radius 3 is 1.02 bits per heavy atom. The average Bonchev–Trinajstić information content (AvgIpc) is 3.04. The molecule has 6 aromatic rings. The molecule has 0 saturated heterocycles. The van der Waals surface area contributed by atoms with Crippen LogP contribution in [0.15, 0.2) is 124 Å². The van der Waals surface area contributed by atoms with E-state index in [1.165, 1.54) is 0 Å². The van der Waals surface area contributed by atoms with E-state index in [-0.39, 0.29) is 0 Å². The molecule has 10 nitrogen and oxygen atoms in total. The lowest BCUT2D eigenvalue weighted by Crippen LogP contribution is -2.29. The summed E-state index contributed by atoms with van der Waals surface area (Å²) in [6, 6.07) is 18.7. The Bertz CT molecular complexity index is 1610. The smallest absolute Gasteiger partial charge is 0.423 e. The highest BCUT2D eigenvalue weighted by atomic mass is 79.9. The minimum Gasteiger partial charge on any atom is -0.423 e. The molecule has 4 heterocycles. The standard InChI is InChI=1S/C14H9BrN4.C8H4Br2N4.C6H7BO2/c15-12-8-18-14(19-9-12)13-16-6-11(7-17-13)10-4-2-1-3-5-10;9-5-1-11-7(12-2-5)8-13-3-6(10)4-14-8;8-7(9)6-4-2-1-3-5-6/h1-9H;1-4H;1-5,8-9H. The van der Waals surface area contributed by atoms with Gasteiger partial charge >= 0.3 is 7.12 Å². The molecule has 0 saturated carbocycles. The molecule has 0 bridgehead atoms. The van der Waals surface area contributed by atoms with Gasteiger partial charge in [0.25, 0.3) is 0 Å². The fourth-order valence-electron chi connectivity index (χ4n) is 3.13. The molecule has 0 aliphatic heterocycles. The Morgan fingerprint density at radius 2 is 0.714 bits per heavy atom. The number of benzene rings is 2. The topological polar surface area (TPSA) is 144 Å². The van der Waals surface area contributed by atoms with Crippen molar-refractivity contribution in [3.8, 4) is 34.4 Å². The number of halogens is 3. The molecule has 6 rings (SSSR count). The molecular weight excluding hydrogens is 731 g/mol. The van der Waals surface area contributed by atoms with Gasteiger partial charge in [0.05, 0.1) is 13.4 Å². The van der Waals surface area contributed by atoms with E-state index in [1.54, 1.807) is 73.8 Å². The van der Waals surface area contributed by atoms with Gasteiger partial charge in [-0.1, -0.05) is 60.7 Å². The van der Waals surface area contributed by atoms with Gasteiger partial charge in [0.15, 0.2) is 23.3 Å². The summed E-state index contributed by atoms with van der Waals surface area (Å²) in [5.41, 5.74) is 2.59. The van der Waals surface area contributed by atoms with Gasteiger partial charge in [-0.3, -0.25) is 0 Å². The zero-order valence-electron chi connectivity index (χ0n) is 21.6. The van der Waals surface area contributed by atoms with Crippen LogP contribution < -0.4 is 5.46 Å². The van der Waals surface area contributed by atoms with Crippen LogP contribution >= 0.6 is 47.8 Å². The Kier molecular flexibility index (Phi) is 11.8. The number of rotatable bonds is 4. The van der Waals surface area contributed by atoms with E-state index in [1.807, 2.05) is 36.4 Å². The molecule has 0 fully saturated rings. The van der Waals surface area contributed by atoms with Crippen molar-refractivity contribution in [2.45, 2.75) is 0 Å². The summed E-state index contributed by atoms with van der Waals surface area (Å²) in [6.45, 7) is 0. The molecule has 2 aromatic carbocycles. The Balaban J connectivity index is 0.000000155. The molecule has 0 unspecified atom stereocenters. The number of hydrogen-bond acceptors (Lipinski definition) is 10. The lowest BCUT2D eigenvalue weighted by atomic mass is 9.81. The van der Waals surface area contributed by atoms with Crippen LogP contribution in [0.4, 0.5) is 0 Å². The van der Waals surface area contributed by atoms with Gasteiger partial charge in [-0.25, -0.2) is 39.9 Å². The molecule has 14 heteroatoms. The van der Waals surface area contributed by atoms with Crippen molar-refractivity contribution in [3.05, 3.63) is 124 Å². The third-order valence-corrected chi connectivity index (χ3v) is 6.35. The van der Waals surface area contributed by atoms with Crippen molar-refractivity contribution >= 4 is 60.4 Å². The van der Waals surface area contributed by atoms with Crippen LogP contribution in [0, 0.1) is 0 Å². The number of aromatic nitrogens is 8. The lowest BCUT2D eigenvalue weighted by molar-refractivity contribution is 0.426. The van der Waals surface area contributed by atoms with Crippen LogP contribution in [0.3, 0.4) is 0 Å². The number of hydrogen-bond donors (Lipinski definition) is 2. The third kappa shape index (κ3) is 9.64. The van der Waals surface area contributed by atoms with E-state index in [4.69, 9.17) is 10.0 Å². The van der Waals surface area contributed by atoms with Gasteiger partial charge in [0, 0.05) is 55.1 Å². The molecule has 0 atom stereocenters. The highest BCUT2D eigenvalue weighted by Gasteiger charge is 2.08. The van der Waals surface area contributed by atoms with Crippen LogP contribution in [-0.4, -0.2) is 57.0 Å². The molecule has 4 aromatic heterocycles. The van der Waals surface area contributed by atoms with Crippen LogP contribution in [0.25, 0.3) is 34.4 Å². The normalized spacial score (nSPS) is 10.0. The van der Waals surface area contributed by atoms with Gasteiger partial charge in [0.2, 0.25) is 0 Å². The summed E-state index contributed by atoms with van der Waals surface area (Å²) in [7, 11) is -1.34. The van der Waals surface area contributed by atoms with Crippen molar-refractivity contribution in [1.29, 1.82) is 0 Å². The van der Waals surface area contributed by atoms with E-state index in [0.717, 1.165) is 24.5 Å². The summed E-state index contributed by atoms with van der Waals surface area (Å²) in [6.07, 6.45) is 13.6. The highest BCUT2D eigenvalue weighted by Crippen LogP contribution is 2.19. The van der Waals surface area contributed by atoms with Crippen LogP contribution in [0.2, 0.25) is 0 Å². The Labute approximate surface area is 267 Å². The molecule has 0 radical (unpaired) electrons. The minimum absolute atomic E-state index is 0.515. The van der Waals surface area contributed by atoms with Gasteiger partial charge in [-0.05, 0) is 58.8 Å². The first kappa shape index (κ1) is 31.1. The van der Waals surface area contributed by atoms with Crippen molar-refractivity contribution in [2.75, 3.05) is 0 Å². The van der Waals surface area contributed by atoms with Gasteiger partial charge in [0.1, 0.15) is 0 Å². The summed E-state index contributed by atoms with van der Waals surface area (Å²) in [5, 5.41) is 17.2. The molecule has 2 N–H and O–H groups in total. The SMILES string of the molecule is Brc1cnc(-c2ncc(-c3ccccc3)cn2)nc1.Brc1cnc(-c2ncc(Br)cn2)nc1.OB(O)c1ccccc1. The van der Waals surface area contributed by atoms with Gasteiger partial charge < -0.3 is 10.0 Å². The fraction of sp³-hybridized carbons (Fsp3) is 0. The van der Waals surface area contributed by atoms with E-state index < -0.39 is 7.12 Å². The molecule has 0 aliphatic carbocycles. The minimum atomic E-state index is -1.34. The third-order valence-electron chi connectivity index (χ3n) is 5.12. The van der Waals surface area contributed by atoms with Crippen molar-refractivity contribution < 1.29 is 10.0 Å². The molecule has 0 amide bonds. The van der Waals surface area contributed by atoms with Crippen molar-refractivity contribution in [2.24, 2.45) is 0 Å². The molecule has 0 spiro atoms. The summed E-state index contributed by atoms with van der Waals surface area (Å²) in [4.78, 5) is 33.3. The van der Waals surface area contributed by atoms with Crippen LogP contribution in [0.5, 0.6) is 0 Å². The summed E-state index contributed by atoms with van der Waals surface area (Å²) < 4.78 is 2.49. The molecule has 0 aliphatic rings.